The van der Waals surface area contributed by atoms with Crippen LogP contribution in [0.3, 0.4) is 0 Å². The van der Waals surface area contributed by atoms with Crippen molar-refractivity contribution in [1.82, 2.24) is 20.4 Å². The number of methoxy groups -OCH3 is 2. The fourth-order valence-electron chi connectivity index (χ4n) is 7.92. The first kappa shape index (κ1) is 64.8. The van der Waals surface area contributed by atoms with Crippen LogP contribution in [0.5, 0.6) is 0 Å². The molecule has 384 valence electrons. The molecule has 0 spiro atoms. The number of aliphatic hydroxyl groups is 3. The first-order valence-corrected chi connectivity index (χ1v) is 23.0. The molecule has 2 aliphatic heterocycles. The summed E-state index contributed by atoms with van der Waals surface area (Å²) in [4.78, 5) is 59.6. The van der Waals surface area contributed by atoms with E-state index in [0.29, 0.717) is 24.0 Å². The van der Waals surface area contributed by atoms with Crippen molar-refractivity contribution in [3.63, 3.8) is 0 Å². The van der Waals surface area contributed by atoms with Gasteiger partial charge in [0, 0.05) is 45.7 Å². The van der Waals surface area contributed by atoms with E-state index in [1.165, 1.54) is 12.5 Å². The number of aliphatic carboxylic acids is 1. The third kappa shape index (κ3) is 20.9. The minimum atomic E-state index is -1.77. The van der Waals surface area contributed by atoms with Crippen LogP contribution in [0, 0.1) is 23.7 Å². The van der Waals surface area contributed by atoms with Crippen LogP contribution in [0.1, 0.15) is 88.0 Å². The van der Waals surface area contributed by atoms with Crippen LogP contribution < -0.4 is 16.4 Å². The van der Waals surface area contributed by atoms with Gasteiger partial charge in [-0.05, 0) is 77.7 Å². The number of amides is 1. The lowest BCUT2D eigenvalue weighted by atomic mass is 9.90. The molecular weight excluding hydrogens is 855 g/mol. The number of carboxylic acids is 1. The maximum Gasteiger partial charge on any atom is 0.335 e. The van der Waals surface area contributed by atoms with Gasteiger partial charge in [-0.3, -0.25) is 4.79 Å². The zero-order chi connectivity index (χ0) is 51.4. The van der Waals surface area contributed by atoms with E-state index < -0.39 is 48.8 Å². The second kappa shape index (κ2) is 34.9. The predicted molar refractivity (Wildman–Crippen MR) is 257 cm³/mol. The fraction of sp³-hybridized carbons (Fsp3) is 0.771. The number of allylic oxidation sites excluding steroid dienone is 3. The molecule has 0 aromatic heterocycles. The molecule has 18 heteroatoms. The molecule has 8 N–H and O–H groups in total. The summed E-state index contributed by atoms with van der Waals surface area (Å²) in [7, 11) is 10.8. The number of likely N-dealkylation sites (N-methyl/N-ethyl adjacent to an activating group) is 4. The molecule has 15 atom stereocenters. The number of likely N-dealkylation sites (tertiary alicyclic amines) is 1. The average molecular weight is 944 g/mol. The highest BCUT2D eigenvalue weighted by Gasteiger charge is 2.48. The Morgan fingerprint density at radius 3 is 1.91 bits per heavy atom. The number of carboxylic acid groups (broad SMARTS) is 1. The summed E-state index contributed by atoms with van der Waals surface area (Å²) in [6.07, 6.45) is 3.74. The molecule has 0 aliphatic carbocycles. The monoisotopic (exact) mass is 944 g/mol. The summed E-state index contributed by atoms with van der Waals surface area (Å²) in [5.41, 5.74) is 6.55. The molecule has 0 aromatic carbocycles. The topological polar surface area (TPSA) is 260 Å². The number of nitrogens with zero attached hydrogens (tertiary/aromatic N) is 2. The average Bonchev–Trinajstić information content (AvgIpc) is 3.70. The van der Waals surface area contributed by atoms with Gasteiger partial charge in [-0.15, -0.1) is 0 Å². The minimum Gasteiger partial charge on any atom is -0.479 e. The molecule has 2 rings (SSSR count). The Morgan fingerprint density at radius 2 is 1.56 bits per heavy atom. The van der Waals surface area contributed by atoms with Crippen molar-refractivity contribution in [2.24, 2.45) is 29.4 Å². The highest BCUT2D eigenvalue weighted by Crippen LogP contribution is 2.27. The smallest absolute Gasteiger partial charge is 0.335 e. The minimum absolute atomic E-state index is 0.00412. The number of carbonyl (C=O) groups excluding carboxylic acids is 4. The predicted octanol–water partition coefficient (Wildman–Crippen LogP) is 2.37. The Hall–Kier alpha value is -3.27. The molecular formula is C48H89N5O13. The maximum atomic E-state index is 12.7. The number of carbonyl (C=O) groups is 5. The summed E-state index contributed by atoms with van der Waals surface area (Å²) >= 11 is 0. The van der Waals surface area contributed by atoms with Gasteiger partial charge in [0.05, 0.1) is 30.3 Å². The standard InChI is InChI=1S/C16H32N2O3.C16H25NO7.C10H19NO2.C6H13NO/c1-8-12(4)15(13(21-7)9-10-19)18(6)16(20)14(17-5)11(2)3;1-4-6-9(7-5-2)13(8(3)17)23-16-12(20)10(18)11(19)14(24-16)15(21)22;1-8(7-12)10(13-3)9-5-4-6-11(9)2;1-5(2)6(4-8)7-3/h10-15,17H,8-9H2,1-7H3;4-8,10-14,16,18-20H,1,17H2,2-3H3,(H,21,22);7-10H,4-6H2,1-3H3;4-7H,1-3H3/b;7-5-,9-6+;;. The van der Waals surface area contributed by atoms with Crippen LogP contribution in [0.25, 0.3) is 0 Å². The Labute approximate surface area is 395 Å². The number of hydrogen-bond acceptors (Lipinski definition) is 16. The molecule has 2 heterocycles. The Kier molecular flexibility index (Phi) is 34.3. The van der Waals surface area contributed by atoms with E-state index in [0.717, 1.165) is 38.2 Å². The summed E-state index contributed by atoms with van der Waals surface area (Å²) < 4.78 is 21.6. The van der Waals surface area contributed by atoms with E-state index in [4.69, 9.17) is 29.8 Å². The molecule has 18 nitrogen and oxygen atoms in total. The van der Waals surface area contributed by atoms with E-state index >= 15 is 0 Å². The second-order valence-electron chi connectivity index (χ2n) is 17.6. The SMILES string of the molecule is C=C/C=C(\C=C/C)C(OC1OC(C(=O)O)C(O)C(O)C1O)C(C)N.CCC(C)C(C(CC=O)OC)N(C)C(=O)C(NC)C(C)C.CNC(C=O)C(C)C.COC(C(C)C=O)C1CCCN1C. The van der Waals surface area contributed by atoms with Crippen LogP contribution >= 0.6 is 0 Å². The summed E-state index contributed by atoms with van der Waals surface area (Å²) in [5.74, 6) is -0.573. The van der Waals surface area contributed by atoms with Crippen molar-refractivity contribution >= 4 is 30.7 Å². The van der Waals surface area contributed by atoms with Crippen LogP contribution in [0.2, 0.25) is 0 Å². The van der Waals surface area contributed by atoms with E-state index in [9.17, 15) is 39.3 Å². The molecule has 66 heavy (non-hydrogen) atoms. The van der Waals surface area contributed by atoms with Gasteiger partial charge in [0.1, 0.15) is 43.3 Å². The third-order valence-electron chi connectivity index (χ3n) is 12.0. The van der Waals surface area contributed by atoms with Crippen LogP contribution in [-0.4, -0.2) is 189 Å². The third-order valence-corrected chi connectivity index (χ3v) is 12.0. The highest BCUT2D eigenvalue weighted by molar-refractivity contribution is 5.82. The summed E-state index contributed by atoms with van der Waals surface area (Å²) in [6, 6.07) is -0.418. The van der Waals surface area contributed by atoms with Gasteiger partial charge in [0.15, 0.2) is 12.4 Å². The van der Waals surface area contributed by atoms with Crippen molar-refractivity contribution in [1.29, 1.82) is 0 Å². The summed E-state index contributed by atoms with van der Waals surface area (Å²) in [5, 5.41) is 44.6. The number of rotatable bonds is 24. The largest absolute Gasteiger partial charge is 0.479 e. The number of aliphatic hydroxyl groups excluding tert-OH is 3. The number of ether oxygens (including phenoxy) is 4. The van der Waals surface area contributed by atoms with Gasteiger partial charge < -0.3 is 79.9 Å². The Morgan fingerprint density at radius 1 is 0.955 bits per heavy atom. The van der Waals surface area contributed by atoms with Gasteiger partial charge >= 0.3 is 5.97 Å². The Balaban J connectivity index is 0. The van der Waals surface area contributed by atoms with Crippen molar-refractivity contribution in [3.05, 3.63) is 36.5 Å². The number of aldehydes is 3. The lowest BCUT2D eigenvalue weighted by molar-refractivity contribution is -0.302. The maximum absolute atomic E-state index is 12.7. The van der Waals surface area contributed by atoms with Crippen LogP contribution in [0.15, 0.2) is 36.5 Å². The first-order valence-electron chi connectivity index (χ1n) is 23.0. The Bertz CT molecular complexity index is 1450. The normalized spacial score (nSPS) is 25.2. The molecule has 2 aliphatic rings. The van der Waals surface area contributed by atoms with Gasteiger partial charge in [0.25, 0.3) is 0 Å². The summed E-state index contributed by atoms with van der Waals surface area (Å²) in [6.45, 7) is 22.3. The zero-order valence-corrected chi connectivity index (χ0v) is 42.5. The molecule has 2 fully saturated rings. The molecule has 15 unspecified atom stereocenters. The zero-order valence-electron chi connectivity index (χ0n) is 42.5. The van der Waals surface area contributed by atoms with Gasteiger partial charge in [-0.1, -0.05) is 85.8 Å². The van der Waals surface area contributed by atoms with Crippen LogP contribution in [0.4, 0.5) is 0 Å². The molecule has 2 saturated heterocycles. The van der Waals surface area contributed by atoms with Gasteiger partial charge in [-0.2, -0.15) is 0 Å². The lowest BCUT2D eigenvalue weighted by Crippen LogP contribution is -2.61. The fourth-order valence-corrected chi connectivity index (χ4v) is 7.92. The number of nitrogens with two attached hydrogens (primary N) is 1. The highest BCUT2D eigenvalue weighted by atomic mass is 16.7. The van der Waals surface area contributed by atoms with Crippen molar-refractivity contribution in [3.8, 4) is 0 Å². The number of hydrogen-bond donors (Lipinski definition) is 7. The van der Waals surface area contributed by atoms with E-state index in [1.807, 2.05) is 41.7 Å². The van der Waals surface area contributed by atoms with E-state index in [-0.39, 0.29) is 54.0 Å². The first-order chi connectivity index (χ1) is 31.0. The molecule has 1 amide bonds. The van der Waals surface area contributed by atoms with Crippen molar-refractivity contribution in [2.45, 2.75) is 167 Å². The van der Waals surface area contributed by atoms with E-state index in [2.05, 4.69) is 43.0 Å². The molecule has 0 aromatic rings. The second-order valence-corrected chi connectivity index (χ2v) is 17.6. The molecule has 0 saturated carbocycles. The number of nitrogens with one attached hydrogen (secondary N) is 2. The van der Waals surface area contributed by atoms with Gasteiger partial charge in [-0.25, -0.2) is 4.79 Å². The lowest BCUT2D eigenvalue weighted by Gasteiger charge is -2.40. The molecule has 0 radical (unpaired) electrons. The van der Waals surface area contributed by atoms with Gasteiger partial charge in [0.2, 0.25) is 5.91 Å². The quantitative estimate of drug-likeness (QED) is 0.0541. The van der Waals surface area contributed by atoms with Crippen molar-refractivity contribution < 1.29 is 63.3 Å². The molecule has 0 bridgehead atoms. The van der Waals surface area contributed by atoms with Crippen molar-refractivity contribution in [2.75, 3.05) is 49.0 Å². The van der Waals surface area contributed by atoms with E-state index in [1.54, 1.807) is 65.3 Å². The van der Waals surface area contributed by atoms with Crippen LogP contribution in [-0.2, 0) is 42.9 Å².